The van der Waals surface area contributed by atoms with Crippen molar-refractivity contribution < 1.29 is 23.6 Å². The second-order valence-corrected chi connectivity index (χ2v) is 16.6. The molecule has 4 heterocycles. The number of nitrogens with zero attached hydrogens (tertiary/aromatic N) is 2. The summed E-state index contributed by atoms with van der Waals surface area (Å²) in [5, 5.41) is 13.1. The number of aromatic nitrogens is 2. The molecule has 4 aromatic rings. The standard InChI is InChI=1S/C15H20N2O3S.C15H19NO3S.2CH2Cl2.Cl2OS/c1-5-17-9(3)12(14(20)16-6-7-18)13(19)11-8(2)10(4)21-15(11)17;1-6-16-9(4)12(15(18)19-7-2)13(17)11-8(3)10(5)20-14(11)16;2*2-1-3;1-4(2)3/h18H,5-7H2,1-4H3,(H,16,20);6-7H2,1-5H3;2*1H2;. The van der Waals surface area contributed by atoms with E-state index in [0.717, 1.165) is 30.5 Å². The summed E-state index contributed by atoms with van der Waals surface area (Å²) < 4.78 is 18.2. The number of aliphatic hydroxyl groups excluding tert-OH is 1. The summed E-state index contributed by atoms with van der Waals surface area (Å²) in [6.45, 7) is 18.9. The van der Waals surface area contributed by atoms with Gasteiger partial charge in [0.05, 0.1) is 34.7 Å². The van der Waals surface area contributed by atoms with E-state index in [9.17, 15) is 19.2 Å². The van der Waals surface area contributed by atoms with Gasteiger partial charge in [-0.1, -0.05) is 0 Å². The number of carbonyl (C=O) groups is 2. The van der Waals surface area contributed by atoms with Crippen LogP contribution in [-0.4, -0.2) is 60.8 Å². The summed E-state index contributed by atoms with van der Waals surface area (Å²) in [6, 6.07) is 0. The van der Waals surface area contributed by atoms with Gasteiger partial charge < -0.3 is 24.3 Å². The van der Waals surface area contributed by atoms with Gasteiger partial charge >= 0.3 is 5.97 Å². The van der Waals surface area contributed by atoms with Crippen molar-refractivity contribution in [1.29, 1.82) is 0 Å². The van der Waals surface area contributed by atoms with E-state index in [1.165, 1.54) is 0 Å². The maximum absolute atomic E-state index is 12.7. The van der Waals surface area contributed by atoms with Gasteiger partial charge in [0.25, 0.3) is 5.91 Å². The van der Waals surface area contributed by atoms with Gasteiger partial charge in [0.2, 0.25) is 20.1 Å². The van der Waals surface area contributed by atoms with Crippen LogP contribution < -0.4 is 16.2 Å². The molecule has 0 atom stereocenters. The minimum absolute atomic E-state index is 0.142. The van der Waals surface area contributed by atoms with E-state index < -0.39 is 21.1 Å². The number of nitrogens with one attached hydrogen (secondary N) is 1. The lowest BCUT2D eigenvalue weighted by Gasteiger charge is -2.14. The Kier molecular flexibility index (Phi) is 24.2. The van der Waals surface area contributed by atoms with Crippen molar-refractivity contribution in [3.05, 3.63) is 63.8 Å². The highest BCUT2D eigenvalue weighted by Crippen LogP contribution is 2.31. The number of hydrogen-bond donors (Lipinski definition) is 2. The summed E-state index contributed by atoms with van der Waals surface area (Å²) in [7, 11) is 7.36. The number of rotatable bonds is 7. The molecule has 4 aromatic heterocycles. The van der Waals surface area contributed by atoms with Crippen LogP contribution >= 0.6 is 90.4 Å². The first-order valence-electron chi connectivity index (χ1n) is 15.2. The summed E-state index contributed by atoms with van der Waals surface area (Å²) in [5.41, 5.74) is 3.19. The molecule has 19 heteroatoms. The predicted molar refractivity (Wildman–Crippen MR) is 220 cm³/mol. The molecule has 0 bridgehead atoms. The molecule has 0 saturated carbocycles. The third kappa shape index (κ3) is 13.2. The highest BCUT2D eigenvalue weighted by atomic mass is 36.0. The van der Waals surface area contributed by atoms with Crippen molar-refractivity contribution in [2.45, 2.75) is 75.4 Å². The van der Waals surface area contributed by atoms with E-state index in [2.05, 4.69) is 26.7 Å². The summed E-state index contributed by atoms with van der Waals surface area (Å²) in [6.07, 6.45) is 0. The Morgan fingerprint density at radius 1 is 0.765 bits per heavy atom. The van der Waals surface area contributed by atoms with E-state index in [1.54, 1.807) is 43.4 Å². The zero-order valence-electron chi connectivity index (χ0n) is 29.7. The fourth-order valence-corrected chi connectivity index (χ4v) is 7.56. The number of esters is 1. The van der Waals surface area contributed by atoms with E-state index in [1.807, 2.05) is 50.7 Å². The lowest BCUT2D eigenvalue weighted by molar-refractivity contribution is 0.0523. The predicted octanol–water partition coefficient (Wildman–Crippen LogP) is 8.80. The molecule has 0 aromatic carbocycles. The molecule has 0 fully saturated rings. The largest absolute Gasteiger partial charge is 0.462 e. The molecule has 0 saturated heterocycles. The molecule has 1 amide bonds. The number of ether oxygens (including phenoxy) is 1. The molecular formula is C32H43Cl6N3O7S3. The molecule has 0 radical (unpaired) electrons. The number of carbonyl (C=O) groups excluding carboxylic acids is 2. The molecule has 0 aliphatic carbocycles. The van der Waals surface area contributed by atoms with Crippen molar-refractivity contribution in [3.63, 3.8) is 0 Å². The maximum Gasteiger partial charge on any atom is 0.343 e. The number of amides is 1. The highest BCUT2D eigenvalue weighted by Gasteiger charge is 2.24. The van der Waals surface area contributed by atoms with Gasteiger partial charge in [-0.2, -0.15) is 0 Å². The Labute approximate surface area is 337 Å². The lowest BCUT2D eigenvalue weighted by Crippen LogP contribution is -2.33. The van der Waals surface area contributed by atoms with E-state index >= 15 is 0 Å². The van der Waals surface area contributed by atoms with Gasteiger partial charge in [0.1, 0.15) is 20.8 Å². The maximum atomic E-state index is 12.7. The molecule has 0 aliphatic rings. The van der Waals surface area contributed by atoms with Crippen LogP contribution in [0.1, 0.15) is 73.8 Å². The van der Waals surface area contributed by atoms with Gasteiger partial charge in [0.15, 0.2) is 0 Å². The Morgan fingerprint density at radius 2 is 1.12 bits per heavy atom. The number of pyridine rings is 2. The lowest BCUT2D eigenvalue weighted by atomic mass is 10.1. The van der Waals surface area contributed by atoms with Gasteiger partial charge in [-0.3, -0.25) is 14.4 Å². The average Bonchev–Trinajstić information content (AvgIpc) is 3.51. The summed E-state index contributed by atoms with van der Waals surface area (Å²) in [5.74, 6) is -0.943. The SMILES string of the molecule is CCOC(=O)c1c(C)n(CC)c2sc(C)c(C)c2c1=O.CCn1c(C)c(C(=O)NCCO)c(=O)c2c(C)c(C)sc21.ClCCl.ClCCl.O=S(Cl)Cl. The Hall–Kier alpha value is -1.39. The Morgan fingerprint density at radius 3 is 1.45 bits per heavy atom. The first-order valence-corrected chi connectivity index (χ1v) is 21.8. The third-order valence-corrected chi connectivity index (χ3v) is 9.86. The van der Waals surface area contributed by atoms with Gasteiger partial charge in [-0.15, -0.1) is 69.1 Å². The number of hydrogen-bond acceptors (Lipinski definition) is 9. The number of aliphatic hydroxyl groups is 1. The van der Waals surface area contributed by atoms with Crippen LogP contribution in [0.3, 0.4) is 0 Å². The zero-order valence-corrected chi connectivity index (χ0v) is 36.7. The molecule has 0 spiro atoms. The number of aryl methyl sites for hydroxylation is 6. The van der Waals surface area contributed by atoms with Crippen molar-refractivity contribution in [2.24, 2.45) is 0 Å². The fourth-order valence-electron chi connectivity index (χ4n) is 5.02. The number of fused-ring (bicyclic) bond motifs is 2. The average molecular weight is 891 g/mol. The summed E-state index contributed by atoms with van der Waals surface area (Å²) >= 11 is 22.2. The van der Waals surface area contributed by atoms with E-state index in [4.69, 9.17) is 60.5 Å². The molecule has 10 nitrogen and oxygen atoms in total. The van der Waals surface area contributed by atoms with Crippen LogP contribution in [0.25, 0.3) is 20.4 Å². The van der Waals surface area contributed by atoms with Crippen LogP contribution in [0, 0.1) is 41.5 Å². The number of alkyl halides is 4. The molecule has 0 aliphatic heterocycles. The van der Waals surface area contributed by atoms with Gasteiger partial charge in [-0.25, -0.2) is 9.00 Å². The van der Waals surface area contributed by atoms with Crippen molar-refractivity contribution in [3.8, 4) is 0 Å². The van der Waals surface area contributed by atoms with Crippen molar-refractivity contribution in [1.82, 2.24) is 14.5 Å². The number of thiophene rings is 2. The molecule has 0 unspecified atom stereocenters. The molecule has 288 valence electrons. The smallest absolute Gasteiger partial charge is 0.343 e. The second-order valence-electron chi connectivity index (χ2n) is 10.1. The molecule has 4 rings (SSSR count). The second kappa shape index (κ2) is 24.8. The summed E-state index contributed by atoms with van der Waals surface area (Å²) in [4.78, 5) is 53.8. The minimum atomic E-state index is -1.67. The Balaban J connectivity index is 0.000000779. The normalized spacial score (nSPS) is 10.3. The highest BCUT2D eigenvalue weighted by molar-refractivity contribution is 8.26. The van der Waals surface area contributed by atoms with Crippen LogP contribution in [0.15, 0.2) is 9.59 Å². The van der Waals surface area contributed by atoms with Crippen LogP contribution in [0.5, 0.6) is 0 Å². The van der Waals surface area contributed by atoms with Gasteiger partial charge in [-0.05, 0) is 73.4 Å². The van der Waals surface area contributed by atoms with E-state index in [0.29, 0.717) is 35.2 Å². The Bertz CT molecular complexity index is 1920. The first kappa shape index (κ1) is 49.6. The first-order chi connectivity index (χ1) is 23.9. The molecular weight excluding hydrogens is 847 g/mol. The monoisotopic (exact) mass is 887 g/mol. The minimum Gasteiger partial charge on any atom is -0.462 e. The van der Waals surface area contributed by atoms with Crippen LogP contribution in [0.4, 0.5) is 0 Å². The number of halogens is 6. The molecule has 2 N–H and O–H groups in total. The van der Waals surface area contributed by atoms with Crippen molar-refractivity contribution in [2.75, 3.05) is 30.4 Å². The van der Waals surface area contributed by atoms with Gasteiger partial charge in [0, 0.05) is 62.1 Å². The fraction of sp³-hybridized carbons (Fsp3) is 0.500. The van der Waals surface area contributed by atoms with Crippen LogP contribution in [-0.2, 0) is 27.1 Å². The molecule has 51 heavy (non-hydrogen) atoms. The quantitative estimate of drug-likeness (QED) is 0.108. The zero-order chi connectivity index (χ0) is 39.7. The van der Waals surface area contributed by atoms with Crippen LogP contribution in [0.2, 0.25) is 0 Å². The topological polar surface area (TPSA) is 137 Å². The van der Waals surface area contributed by atoms with E-state index in [-0.39, 0.29) is 52.4 Å². The third-order valence-electron chi connectivity index (χ3n) is 7.40. The van der Waals surface area contributed by atoms with Crippen molar-refractivity contribution >= 4 is 132 Å².